The van der Waals surface area contributed by atoms with E-state index in [0.29, 0.717) is 18.7 Å². The van der Waals surface area contributed by atoms with Crippen molar-refractivity contribution in [1.29, 1.82) is 0 Å². The molecule has 112 valence electrons. The summed E-state index contributed by atoms with van der Waals surface area (Å²) in [5.41, 5.74) is 5.42. The van der Waals surface area contributed by atoms with Crippen molar-refractivity contribution in [3.05, 3.63) is 59.4 Å². The van der Waals surface area contributed by atoms with Crippen molar-refractivity contribution >= 4 is 11.4 Å². The number of rotatable bonds is 4. The molecule has 0 radical (unpaired) electrons. The third kappa shape index (κ3) is 4.11. The lowest BCUT2D eigenvalue weighted by molar-refractivity contribution is -0.136. The largest absolute Gasteiger partial charge is 0.418 e. The zero-order valence-corrected chi connectivity index (χ0v) is 11.0. The maximum atomic E-state index is 12.7. The minimum atomic E-state index is -4.47. The van der Waals surface area contributed by atoms with E-state index in [-0.39, 0.29) is 11.5 Å². The van der Waals surface area contributed by atoms with Crippen molar-refractivity contribution in [2.24, 2.45) is 0 Å². The molecule has 21 heavy (non-hydrogen) atoms. The highest BCUT2D eigenvalue weighted by atomic mass is 19.4. The highest BCUT2D eigenvalue weighted by Gasteiger charge is 2.33. The van der Waals surface area contributed by atoms with Gasteiger partial charge >= 0.3 is 6.18 Å². The minimum absolute atomic E-state index is 0.299. The first-order valence-corrected chi connectivity index (χ1v) is 6.31. The summed E-state index contributed by atoms with van der Waals surface area (Å²) in [7, 11) is 0. The van der Waals surface area contributed by atoms with E-state index in [2.05, 4.69) is 5.32 Å². The van der Waals surface area contributed by atoms with E-state index in [1.807, 2.05) is 0 Å². The lowest BCUT2D eigenvalue weighted by Gasteiger charge is -2.13. The van der Waals surface area contributed by atoms with Crippen molar-refractivity contribution < 1.29 is 17.6 Å². The van der Waals surface area contributed by atoms with Gasteiger partial charge in [0.1, 0.15) is 5.82 Å². The highest BCUT2D eigenvalue weighted by Crippen LogP contribution is 2.35. The second kappa shape index (κ2) is 6.03. The first kappa shape index (κ1) is 15.2. The molecule has 0 atom stereocenters. The first-order chi connectivity index (χ1) is 9.86. The SMILES string of the molecule is Nc1ccc(NCCc2ccc(F)cc2)cc1C(F)(F)F. The highest BCUT2D eigenvalue weighted by molar-refractivity contribution is 5.58. The molecular formula is C15H14F4N2. The van der Waals surface area contributed by atoms with Gasteiger partial charge in [-0.1, -0.05) is 12.1 Å². The molecule has 0 aliphatic rings. The molecule has 0 saturated carbocycles. The summed E-state index contributed by atoms with van der Waals surface area (Å²) < 4.78 is 50.9. The van der Waals surface area contributed by atoms with Gasteiger partial charge in [0.15, 0.2) is 0 Å². The van der Waals surface area contributed by atoms with Crippen LogP contribution in [0.5, 0.6) is 0 Å². The summed E-state index contributed by atoms with van der Waals surface area (Å²) in [6.07, 6.45) is -3.90. The van der Waals surface area contributed by atoms with Crippen LogP contribution < -0.4 is 11.1 Å². The van der Waals surface area contributed by atoms with Crippen molar-refractivity contribution in [2.45, 2.75) is 12.6 Å². The molecule has 0 unspecified atom stereocenters. The second-order valence-electron chi connectivity index (χ2n) is 4.60. The van der Waals surface area contributed by atoms with Crippen molar-refractivity contribution in [3.63, 3.8) is 0 Å². The maximum absolute atomic E-state index is 12.7. The van der Waals surface area contributed by atoms with Crippen LogP contribution in [-0.2, 0) is 12.6 Å². The van der Waals surface area contributed by atoms with Gasteiger partial charge in [0.05, 0.1) is 5.56 Å². The number of nitrogen functional groups attached to an aromatic ring is 1. The molecule has 0 amide bonds. The van der Waals surface area contributed by atoms with Crippen LogP contribution in [0.3, 0.4) is 0 Å². The van der Waals surface area contributed by atoms with Gasteiger partial charge in [-0.2, -0.15) is 13.2 Å². The van der Waals surface area contributed by atoms with Gasteiger partial charge < -0.3 is 11.1 Å². The van der Waals surface area contributed by atoms with Crippen LogP contribution in [0.15, 0.2) is 42.5 Å². The number of halogens is 4. The Balaban J connectivity index is 1.99. The van der Waals surface area contributed by atoms with E-state index in [1.165, 1.54) is 24.3 Å². The normalized spacial score (nSPS) is 11.4. The Kier molecular flexibility index (Phi) is 4.35. The Bertz CT molecular complexity index is 606. The van der Waals surface area contributed by atoms with Gasteiger partial charge in [-0.05, 0) is 42.3 Å². The summed E-state index contributed by atoms with van der Waals surface area (Å²) in [5, 5.41) is 2.90. The van der Waals surface area contributed by atoms with Crippen LogP contribution in [-0.4, -0.2) is 6.54 Å². The Labute approximate surface area is 119 Å². The van der Waals surface area contributed by atoms with Crippen molar-refractivity contribution in [1.82, 2.24) is 0 Å². The van der Waals surface area contributed by atoms with Crippen LogP contribution in [0.4, 0.5) is 28.9 Å². The molecule has 0 aliphatic carbocycles. The van der Waals surface area contributed by atoms with E-state index < -0.39 is 11.7 Å². The Morgan fingerprint density at radius 3 is 2.29 bits per heavy atom. The fraction of sp³-hybridized carbons (Fsp3) is 0.200. The average Bonchev–Trinajstić information content (AvgIpc) is 2.41. The standard InChI is InChI=1S/C15H14F4N2/c16-11-3-1-10(2-4-11)7-8-21-12-5-6-14(20)13(9-12)15(17,18)19/h1-6,9,21H,7-8,20H2. The zero-order valence-electron chi connectivity index (χ0n) is 11.0. The minimum Gasteiger partial charge on any atom is -0.398 e. The predicted octanol–water partition coefficient (Wildman–Crippen LogP) is 4.08. The predicted molar refractivity (Wildman–Crippen MR) is 74.5 cm³/mol. The van der Waals surface area contributed by atoms with E-state index in [1.54, 1.807) is 12.1 Å². The first-order valence-electron chi connectivity index (χ1n) is 6.31. The third-order valence-electron chi connectivity index (χ3n) is 3.01. The molecule has 2 aromatic carbocycles. The monoisotopic (exact) mass is 298 g/mol. The van der Waals surface area contributed by atoms with Crippen LogP contribution >= 0.6 is 0 Å². The lowest BCUT2D eigenvalue weighted by Crippen LogP contribution is -2.11. The molecule has 0 aliphatic heterocycles. The molecule has 2 aromatic rings. The topological polar surface area (TPSA) is 38.0 Å². The number of hydrogen-bond donors (Lipinski definition) is 2. The fourth-order valence-electron chi connectivity index (χ4n) is 1.91. The molecule has 3 N–H and O–H groups in total. The van der Waals surface area contributed by atoms with Gasteiger partial charge in [-0.25, -0.2) is 4.39 Å². The van der Waals surface area contributed by atoms with Gasteiger partial charge in [0.25, 0.3) is 0 Å². The summed E-state index contributed by atoms with van der Waals surface area (Å²) in [4.78, 5) is 0. The number of nitrogens with two attached hydrogens (primary N) is 1. The molecule has 0 aromatic heterocycles. The van der Waals surface area contributed by atoms with Crippen molar-refractivity contribution in [2.75, 3.05) is 17.6 Å². The third-order valence-corrected chi connectivity index (χ3v) is 3.01. The molecule has 0 heterocycles. The fourth-order valence-corrected chi connectivity index (χ4v) is 1.91. The molecule has 2 nitrogen and oxygen atoms in total. The van der Waals surface area contributed by atoms with E-state index in [9.17, 15) is 17.6 Å². The Morgan fingerprint density at radius 2 is 1.67 bits per heavy atom. The average molecular weight is 298 g/mol. The van der Waals surface area contributed by atoms with Crippen LogP contribution in [0.1, 0.15) is 11.1 Å². The summed E-state index contributed by atoms with van der Waals surface area (Å²) in [5.74, 6) is -0.319. The van der Waals surface area contributed by atoms with Crippen molar-refractivity contribution in [3.8, 4) is 0 Å². The molecule has 0 bridgehead atoms. The van der Waals surface area contributed by atoms with E-state index in [0.717, 1.165) is 11.6 Å². The summed E-state index contributed by atoms with van der Waals surface area (Å²) in [6.45, 7) is 0.437. The van der Waals surface area contributed by atoms with E-state index >= 15 is 0 Å². The summed E-state index contributed by atoms with van der Waals surface area (Å²) in [6, 6.07) is 9.68. The molecule has 0 fully saturated rings. The van der Waals surface area contributed by atoms with Gasteiger partial charge in [-0.15, -0.1) is 0 Å². The number of hydrogen-bond acceptors (Lipinski definition) is 2. The van der Waals surface area contributed by atoms with Crippen LogP contribution in [0.25, 0.3) is 0 Å². The Morgan fingerprint density at radius 1 is 1.00 bits per heavy atom. The van der Waals surface area contributed by atoms with Gasteiger partial charge in [0.2, 0.25) is 0 Å². The van der Waals surface area contributed by atoms with Gasteiger partial charge in [0, 0.05) is 17.9 Å². The second-order valence-corrected chi connectivity index (χ2v) is 4.60. The molecule has 2 rings (SSSR count). The smallest absolute Gasteiger partial charge is 0.398 e. The lowest BCUT2D eigenvalue weighted by atomic mass is 10.1. The number of anilines is 2. The quantitative estimate of drug-likeness (QED) is 0.659. The summed E-state index contributed by atoms with van der Waals surface area (Å²) >= 11 is 0. The number of benzene rings is 2. The molecular weight excluding hydrogens is 284 g/mol. The number of alkyl halides is 3. The van der Waals surface area contributed by atoms with Crippen LogP contribution in [0.2, 0.25) is 0 Å². The van der Waals surface area contributed by atoms with Gasteiger partial charge in [-0.3, -0.25) is 0 Å². The Hall–Kier alpha value is -2.24. The molecule has 0 spiro atoms. The maximum Gasteiger partial charge on any atom is 0.418 e. The number of nitrogens with one attached hydrogen (secondary N) is 1. The zero-order chi connectivity index (χ0) is 15.5. The van der Waals surface area contributed by atoms with E-state index in [4.69, 9.17) is 5.73 Å². The van der Waals surface area contributed by atoms with Crippen LogP contribution in [0, 0.1) is 5.82 Å². The molecule has 0 saturated heterocycles. The molecule has 6 heteroatoms.